The van der Waals surface area contributed by atoms with Crippen LogP contribution in [0.15, 0.2) is 72.4 Å². The summed E-state index contributed by atoms with van der Waals surface area (Å²) in [5.41, 5.74) is -0.436. The zero-order valence-corrected chi connectivity index (χ0v) is 21.5. The Bertz CT molecular complexity index is 1330. The summed E-state index contributed by atoms with van der Waals surface area (Å²) >= 11 is 17.8. The Hall–Kier alpha value is -3.08. The van der Waals surface area contributed by atoms with Crippen molar-refractivity contribution in [2.24, 2.45) is 0 Å². The van der Waals surface area contributed by atoms with E-state index in [1.54, 1.807) is 24.3 Å². The first-order valence-electron chi connectivity index (χ1n) is 10.9. The van der Waals surface area contributed by atoms with E-state index in [4.69, 9.17) is 34.8 Å². The van der Waals surface area contributed by atoms with Gasteiger partial charge in [0.1, 0.15) is 5.70 Å². The highest BCUT2D eigenvalue weighted by Crippen LogP contribution is 2.29. The third-order valence-corrected chi connectivity index (χ3v) is 6.26. The summed E-state index contributed by atoms with van der Waals surface area (Å²) in [7, 11) is 0. The van der Waals surface area contributed by atoms with Crippen LogP contribution < -0.4 is 10.6 Å². The summed E-state index contributed by atoms with van der Waals surface area (Å²) in [5, 5.41) is 25.4. The lowest BCUT2D eigenvalue weighted by atomic mass is 10.0. The lowest BCUT2D eigenvalue weighted by molar-refractivity contribution is -0.137. The molecule has 0 aliphatic rings. The quantitative estimate of drug-likeness (QED) is 0.207. The Morgan fingerprint density at radius 1 is 0.895 bits per heavy atom. The fourth-order valence-electron chi connectivity index (χ4n) is 3.28. The highest BCUT2D eigenvalue weighted by Gasteiger charge is 2.30. The zero-order chi connectivity index (χ0) is 28.0. The maximum Gasteiger partial charge on any atom is 0.416 e. The smallest absolute Gasteiger partial charge is 0.366 e. The molecule has 0 aliphatic carbocycles. The standard InChI is InChI=1S/C26H20Cl3F3N2O4/c27-18-8-1-14(2-9-18)12-22(25(37)38)34-24(36)21(13-15-3-10-19(28)20(29)11-15)33-23(35)16-4-6-17(7-5-16)26(30,31)32/h1-11,13,22,25,37-38H,12H2,(H,33,35)(H,34,36)/b21-13+. The normalized spacial score (nSPS) is 12.8. The summed E-state index contributed by atoms with van der Waals surface area (Å²) in [5.74, 6) is -1.78. The fourth-order valence-corrected chi connectivity index (χ4v) is 3.72. The van der Waals surface area contributed by atoms with Gasteiger partial charge in [-0.2, -0.15) is 13.2 Å². The number of halogens is 6. The monoisotopic (exact) mass is 586 g/mol. The molecule has 0 aliphatic heterocycles. The van der Waals surface area contributed by atoms with Crippen LogP contribution in [-0.2, 0) is 17.4 Å². The molecule has 0 aromatic heterocycles. The van der Waals surface area contributed by atoms with Crippen LogP contribution in [0.3, 0.4) is 0 Å². The molecule has 1 atom stereocenters. The van der Waals surface area contributed by atoms with E-state index < -0.39 is 35.9 Å². The molecule has 12 heteroatoms. The van der Waals surface area contributed by atoms with Crippen LogP contribution in [0.1, 0.15) is 27.0 Å². The Balaban J connectivity index is 1.88. The van der Waals surface area contributed by atoms with E-state index in [1.165, 1.54) is 24.3 Å². The molecule has 2 amide bonds. The molecular formula is C26H20Cl3F3N2O4. The molecule has 6 nitrogen and oxygen atoms in total. The first-order chi connectivity index (χ1) is 17.8. The molecule has 0 saturated carbocycles. The van der Waals surface area contributed by atoms with E-state index in [2.05, 4.69) is 10.6 Å². The van der Waals surface area contributed by atoms with Crippen molar-refractivity contribution in [3.8, 4) is 0 Å². The molecular weight excluding hydrogens is 568 g/mol. The number of rotatable bonds is 8. The first kappa shape index (κ1) is 29.5. The Morgan fingerprint density at radius 2 is 1.53 bits per heavy atom. The number of alkyl halides is 3. The highest BCUT2D eigenvalue weighted by atomic mass is 35.5. The van der Waals surface area contributed by atoms with Gasteiger partial charge >= 0.3 is 6.18 Å². The number of nitrogens with one attached hydrogen (secondary N) is 2. The molecule has 0 saturated heterocycles. The van der Waals surface area contributed by atoms with Gasteiger partial charge in [0.2, 0.25) is 0 Å². The van der Waals surface area contributed by atoms with Gasteiger partial charge in [-0.3, -0.25) is 9.59 Å². The van der Waals surface area contributed by atoms with Crippen molar-refractivity contribution in [1.82, 2.24) is 10.6 Å². The van der Waals surface area contributed by atoms with Crippen molar-refractivity contribution in [3.63, 3.8) is 0 Å². The lowest BCUT2D eigenvalue weighted by Crippen LogP contribution is -2.47. The molecule has 0 heterocycles. The van der Waals surface area contributed by atoms with Gasteiger partial charge in [0.05, 0.1) is 21.7 Å². The van der Waals surface area contributed by atoms with Gasteiger partial charge in [-0.05, 0) is 72.2 Å². The second kappa shape index (κ2) is 12.6. The fraction of sp³-hybridized carbons (Fsp3) is 0.154. The molecule has 0 fully saturated rings. The van der Waals surface area contributed by atoms with Gasteiger partial charge in [0.25, 0.3) is 11.8 Å². The molecule has 0 spiro atoms. The van der Waals surface area contributed by atoms with Crippen LogP contribution in [0.2, 0.25) is 15.1 Å². The van der Waals surface area contributed by atoms with Crippen molar-refractivity contribution in [3.05, 3.63) is 110 Å². The third-order valence-electron chi connectivity index (χ3n) is 5.27. The number of hydrogen-bond donors (Lipinski definition) is 4. The average Bonchev–Trinajstić information content (AvgIpc) is 2.86. The molecule has 200 valence electrons. The largest absolute Gasteiger partial charge is 0.416 e. The van der Waals surface area contributed by atoms with Crippen molar-refractivity contribution in [1.29, 1.82) is 0 Å². The van der Waals surface area contributed by atoms with Crippen molar-refractivity contribution in [2.45, 2.75) is 24.9 Å². The predicted molar refractivity (Wildman–Crippen MR) is 139 cm³/mol. The maximum atomic E-state index is 13.2. The van der Waals surface area contributed by atoms with Gasteiger partial charge in [0, 0.05) is 10.6 Å². The molecule has 1 unspecified atom stereocenters. The van der Waals surface area contributed by atoms with E-state index >= 15 is 0 Å². The SMILES string of the molecule is O=C(NC(Cc1ccc(Cl)cc1)C(O)O)/C(=C\c1ccc(Cl)c(Cl)c1)NC(=O)c1ccc(C(F)(F)F)cc1. The lowest BCUT2D eigenvalue weighted by Gasteiger charge is -2.22. The second-order valence-electron chi connectivity index (χ2n) is 8.08. The molecule has 0 bridgehead atoms. The van der Waals surface area contributed by atoms with Crippen LogP contribution in [0, 0.1) is 0 Å². The van der Waals surface area contributed by atoms with Crippen LogP contribution in [0.25, 0.3) is 6.08 Å². The number of hydrogen-bond acceptors (Lipinski definition) is 4. The topological polar surface area (TPSA) is 98.7 Å². The summed E-state index contributed by atoms with van der Waals surface area (Å²) in [4.78, 5) is 26.0. The highest BCUT2D eigenvalue weighted by molar-refractivity contribution is 6.42. The zero-order valence-electron chi connectivity index (χ0n) is 19.3. The summed E-state index contributed by atoms with van der Waals surface area (Å²) in [6.07, 6.45) is -5.29. The molecule has 3 aromatic rings. The van der Waals surface area contributed by atoms with Crippen molar-refractivity contribution in [2.75, 3.05) is 0 Å². The second-order valence-corrected chi connectivity index (χ2v) is 9.34. The van der Waals surface area contributed by atoms with Crippen molar-refractivity contribution < 1.29 is 33.0 Å². The molecule has 0 radical (unpaired) electrons. The summed E-state index contributed by atoms with van der Waals surface area (Å²) in [6, 6.07) is 13.1. The maximum absolute atomic E-state index is 13.2. The molecule has 38 heavy (non-hydrogen) atoms. The average molecular weight is 588 g/mol. The van der Waals surface area contributed by atoms with E-state index in [0.29, 0.717) is 16.1 Å². The minimum Gasteiger partial charge on any atom is -0.366 e. The van der Waals surface area contributed by atoms with E-state index in [0.717, 1.165) is 24.3 Å². The minimum atomic E-state index is -4.59. The third kappa shape index (κ3) is 8.21. The van der Waals surface area contributed by atoms with Gasteiger partial charge < -0.3 is 20.8 Å². The van der Waals surface area contributed by atoms with E-state index in [1.807, 2.05) is 0 Å². The molecule has 3 aromatic carbocycles. The molecule has 4 N–H and O–H groups in total. The van der Waals surface area contributed by atoms with Gasteiger partial charge in [0.15, 0.2) is 6.29 Å². The Kier molecular flexibility index (Phi) is 9.81. The van der Waals surface area contributed by atoms with Crippen LogP contribution in [0.5, 0.6) is 0 Å². The Morgan fingerprint density at radius 3 is 2.08 bits per heavy atom. The van der Waals surface area contributed by atoms with Crippen LogP contribution in [-0.4, -0.2) is 34.4 Å². The molecule has 3 rings (SSSR count). The van der Waals surface area contributed by atoms with Crippen LogP contribution in [0.4, 0.5) is 13.2 Å². The van der Waals surface area contributed by atoms with Gasteiger partial charge in [-0.1, -0.05) is 53.0 Å². The number of amides is 2. The number of carbonyl (C=O) groups excluding carboxylic acids is 2. The van der Waals surface area contributed by atoms with Gasteiger partial charge in [-0.25, -0.2) is 0 Å². The van der Waals surface area contributed by atoms with Gasteiger partial charge in [-0.15, -0.1) is 0 Å². The summed E-state index contributed by atoms with van der Waals surface area (Å²) in [6.45, 7) is 0. The summed E-state index contributed by atoms with van der Waals surface area (Å²) < 4.78 is 38.6. The number of aliphatic hydroxyl groups excluding tert-OH is 1. The van der Waals surface area contributed by atoms with Crippen molar-refractivity contribution >= 4 is 52.7 Å². The van der Waals surface area contributed by atoms with E-state index in [-0.39, 0.29) is 27.7 Å². The van der Waals surface area contributed by atoms with E-state index in [9.17, 15) is 33.0 Å². The predicted octanol–water partition coefficient (Wildman–Crippen LogP) is 5.47. The Labute approximate surface area is 230 Å². The number of carbonyl (C=O) groups is 2. The van der Waals surface area contributed by atoms with Crippen LogP contribution >= 0.6 is 34.8 Å². The number of aliphatic hydroxyl groups is 2. The minimum absolute atomic E-state index is 0.00742. The first-order valence-corrected chi connectivity index (χ1v) is 12.0. The number of benzene rings is 3.